The van der Waals surface area contributed by atoms with Crippen LogP contribution in [0.5, 0.6) is 0 Å². The van der Waals surface area contributed by atoms with Crippen LogP contribution in [0.4, 0.5) is 0 Å². The molecule has 2 aliphatic heterocycles. The van der Waals surface area contributed by atoms with Crippen molar-refractivity contribution < 1.29 is 32.8 Å². The number of fused-ring (bicyclic) bond motifs is 1. The molecule has 0 radical (unpaired) electrons. The summed E-state index contributed by atoms with van der Waals surface area (Å²) in [6, 6.07) is 47.5. The zero-order chi connectivity index (χ0) is 39.7. The number of hydrogen-bond acceptors (Lipinski definition) is 7. The minimum atomic E-state index is -2.69. The maximum absolute atomic E-state index is 7.07. The van der Waals surface area contributed by atoms with Crippen LogP contribution in [0.2, 0.25) is 5.04 Å². The van der Waals surface area contributed by atoms with Crippen LogP contribution in [0.25, 0.3) is 0 Å². The summed E-state index contributed by atoms with van der Waals surface area (Å²) in [5, 5.41) is 2.36. The third-order valence-electron chi connectivity index (χ3n) is 10.4. The van der Waals surface area contributed by atoms with Gasteiger partial charge in [0.25, 0.3) is 8.32 Å². The van der Waals surface area contributed by atoms with E-state index in [2.05, 4.69) is 113 Å². The Balaban J connectivity index is 1.11. The van der Waals surface area contributed by atoms with E-state index in [1.165, 1.54) is 10.4 Å². The lowest BCUT2D eigenvalue weighted by Crippen LogP contribution is -2.66. The van der Waals surface area contributed by atoms with E-state index in [4.69, 9.17) is 32.8 Å². The van der Waals surface area contributed by atoms with Crippen LogP contribution in [0, 0.1) is 0 Å². The molecule has 7 nitrogen and oxygen atoms in total. The van der Waals surface area contributed by atoms with Crippen LogP contribution in [0.3, 0.4) is 0 Å². The van der Waals surface area contributed by atoms with Crippen molar-refractivity contribution in [3.63, 3.8) is 0 Å². The van der Waals surface area contributed by atoms with Gasteiger partial charge in [-0.3, -0.25) is 0 Å². The average molecular weight is 915 g/mol. The summed E-state index contributed by atoms with van der Waals surface area (Å²) in [5.41, 5.74) is 2.97. The first-order valence-electron chi connectivity index (χ1n) is 19.4. The normalized spacial score (nSPS) is 22.7. The van der Waals surface area contributed by atoms with Crippen molar-refractivity contribution in [2.75, 3.05) is 19.8 Å². The molecule has 0 spiro atoms. The fourth-order valence-corrected chi connectivity index (χ4v) is 12.6. The lowest BCUT2D eigenvalue weighted by molar-refractivity contribution is -0.371. The van der Waals surface area contributed by atoms with E-state index < -0.39 is 45.3 Å². The van der Waals surface area contributed by atoms with Gasteiger partial charge in [0.1, 0.15) is 24.4 Å². The predicted octanol–water partition coefficient (Wildman–Crippen LogP) is 9.67. The van der Waals surface area contributed by atoms with E-state index in [0.717, 1.165) is 25.6 Å². The molecule has 0 aromatic heterocycles. The Morgan fingerprint density at radius 1 is 0.614 bits per heavy atom. The van der Waals surface area contributed by atoms with E-state index in [1.54, 1.807) is 0 Å². The summed E-state index contributed by atoms with van der Waals surface area (Å²) >= 11 is 7.10. The molecular formula is C47H50Br2O7Si. The summed E-state index contributed by atoms with van der Waals surface area (Å²) in [6.07, 6.45) is 0.617. The van der Waals surface area contributed by atoms with Crippen molar-refractivity contribution in [1.29, 1.82) is 0 Å². The zero-order valence-electron chi connectivity index (χ0n) is 32.5. The number of ether oxygens (including phenoxy) is 6. The fourth-order valence-electron chi connectivity index (χ4n) is 7.59. The molecule has 10 heteroatoms. The Bertz CT molecular complexity index is 1950. The van der Waals surface area contributed by atoms with Crippen LogP contribution >= 0.6 is 31.9 Å². The molecule has 57 heavy (non-hydrogen) atoms. The lowest BCUT2D eigenvalue weighted by atomic mass is 9.97. The second-order valence-corrected chi connectivity index (χ2v) is 21.4. The minimum absolute atomic E-state index is 0.124. The monoisotopic (exact) mass is 912 g/mol. The highest BCUT2D eigenvalue weighted by Gasteiger charge is 2.52. The Morgan fingerprint density at radius 3 is 1.67 bits per heavy atom. The fraction of sp³-hybridized carbons (Fsp3) is 0.319. The Labute approximate surface area is 354 Å². The van der Waals surface area contributed by atoms with Crippen molar-refractivity contribution >= 4 is 50.6 Å². The van der Waals surface area contributed by atoms with E-state index in [0.29, 0.717) is 26.4 Å². The standard InChI is InChI=1S/C47H50Br2O7Si/c1-47(2,3)57(39-17-9-5-10-18-39,40-19-11-6-12-20-40)54-30-14-13-29-50-46-44(52-32-35-23-27-38(49)28-24-35)43(51-31-34-21-25-37(48)26-22-34)42-41(55-46)33-53-45(56-42)36-15-7-4-8-16-36/h4-28,41-46H,29-33H2,1-3H3/b14-13-/t41-,42-,43+,44+,45?,46+/m1/s1. The van der Waals surface area contributed by atoms with E-state index in [-0.39, 0.29) is 11.6 Å². The molecule has 298 valence electrons. The average Bonchev–Trinajstić information content (AvgIpc) is 3.23. The third-order valence-corrected chi connectivity index (χ3v) is 16.5. The molecule has 2 saturated heterocycles. The summed E-state index contributed by atoms with van der Waals surface area (Å²) in [5.74, 6) is 0. The van der Waals surface area contributed by atoms with Crippen LogP contribution < -0.4 is 10.4 Å². The van der Waals surface area contributed by atoms with Gasteiger partial charge >= 0.3 is 0 Å². The molecule has 2 aliphatic rings. The van der Waals surface area contributed by atoms with Gasteiger partial charge < -0.3 is 32.8 Å². The van der Waals surface area contributed by atoms with Crippen molar-refractivity contribution in [1.82, 2.24) is 0 Å². The quantitative estimate of drug-likeness (QED) is 0.0766. The number of halogens is 2. The molecule has 5 aromatic rings. The smallest absolute Gasteiger partial charge is 0.261 e. The molecule has 0 N–H and O–H groups in total. The van der Waals surface area contributed by atoms with Crippen molar-refractivity contribution in [3.8, 4) is 0 Å². The second kappa shape index (κ2) is 19.7. The number of hydrogen-bond donors (Lipinski definition) is 0. The zero-order valence-corrected chi connectivity index (χ0v) is 36.7. The van der Waals surface area contributed by atoms with Crippen molar-refractivity contribution in [3.05, 3.63) is 177 Å². The lowest BCUT2D eigenvalue weighted by Gasteiger charge is -2.49. The van der Waals surface area contributed by atoms with E-state index in [1.807, 2.05) is 91.0 Å². The Morgan fingerprint density at radius 2 is 1.12 bits per heavy atom. The van der Waals surface area contributed by atoms with Gasteiger partial charge in [0.15, 0.2) is 12.6 Å². The van der Waals surface area contributed by atoms with Crippen molar-refractivity contribution in [2.24, 2.45) is 0 Å². The highest BCUT2D eigenvalue weighted by atomic mass is 79.9. The summed E-state index contributed by atoms with van der Waals surface area (Å²) in [7, 11) is -2.69. The molecule has 7 rings (SSSR count). The Kier molecular flexibility index (Phi) is 14.4. The highest BCUT2D eigenvalue weighted by Crippen LogP contribution is 2.38. The maximum Gasteiger partial charge on any atom is 0.261 e. The summed E-state index contributed by atoms with van der Waals surface area (Å²) in [6.45, 7) is 8.54. The van der Waals surface area contributed by atoms with Crippen LogP contribution in [0.1, 0.15) is 43.8 Å². The van der Waals surface area contributed by atoms with Crippen LogP contribution in [-0.2, 0) is 46.1 Å². The largest absolute Gasteiger partial charge is 0.404 e. The van der Waals surface area contributed by atoms with Gasteiger partial charge in [-0.1, -0.05) is 180 Å². The molecule has 2 fully saturated rings. The number of rotatable bonds is 15. The molecule has 0 bridgehead atoms. The minimum Gasteiger partial charge on any atom is -0.404 e. The van der Waals surface area contributed by atoms with E-state index in [9.17, 15) is 0 Å². The Hall–Kier alpha value is -3.26. The first-order valence-corrected chi connectivity index (χ1v) is 22.9. The van der Waals surface area contributed by atoms with Gasteiger partial charge in [-0.2, -0.15) is 0 Å². The van der Waals surface area contributed by atoms with Crippen LogP contribution in [0.15, 0.2) is 161 Å². The van der Waals surface area contributed by atoms with Gasteiger partial charge in [0, 0.05) is 14.5 Å². The summed E-state index contributed by atoms with van der Waals surface area (Å²) < 4.78 is 48.7. The molecule has 1 unspecified atom stereocenters. The first kappa shape index (κ1) is 41.9. The number of benzene rings is 5. The van der Waals surface area contributed by atoms with Gasteiger partial charge in [-0.15, -0.1) is 0 Å². The molecular weight excluding hydrogens is 864 g/mol. The highest BCUT2D eigenvalue weighted by molar-refractivity contribution is 9.10. The van der Waals surface area contributed by atoms with Gasteiger partial charge in [0.05, 0.1) is 33.0 Å². The molecule has 0 amide bonds. The van der Waals surface area contributed by atoms with Crippen molar-refractivity contribution in [2.45, 2.75) is 76.0 Å². The molecule has 6 atom stereocenters. The molecule has 0 saturated carbocycles. The SMILES string of the molecule is CC(C)(C)[Si](OC/C=C\CO[C@H]1O[C@@H]2COC(c3ccccc3)O[C@H]2[C@H](OCc2ccc(Br)cc2)[C@@H]1OCc1ccc(Br)cc1)(c1ccccc1)c1ccccc1. The molecule has 2 heterocycles. The third kappa shape index (κ3) is 10.3. The van der Waals surface area contributed by atoms with Gasteiger partial charge in [0.2, 0.25) is 0 Å². The maximum atomic E-state index is 7.07. The van der Waals surface area contributed by atoms with Gasteiger partial charge in [-0.05, 0) is 50.8 Å². The first-order chi connectivity index (χ1) is 27.7. The van der Waals surface area contributed by atoms with Gasteiger partial charge in [-0.25, -0.2) is 0 Å². The molecule has 0 aliphatic carbocycles. The second-order valence-electron chi connectivity index (χ2n) is 15.3. The topological polar surface area (TPSA) is 64.6 Å². The molecule has 5 aromatic carbocycles. The summed E-state index contributed by atoms with van der Waals surface area (Å²) in [4.78, 5) is 0. The predicted molar refractivity (Wildman–Crippen MR) is 233 cm³/mol. The van der Waals surface area contributed by atoms with E-state index >= 15 is 0 Å². The van der Waals surface area contributed by atoms with Crippen LogP contribution in [-0.4, -0.2) is 58.8 Å².